The molecule has 0 bridgehead atoms. The number of hydrogen-bond acceptors (Lipinski definition) is 7. The van der Waals surface area contributed by atoms with E-state index in [0.717, 1.165) is 31.2 Å². The number of carbonyl (C=O) groups is 2. The van der Waals surface area contributed by atoms with E-state index in [2.05, 4.69) is 34.8 Å². The SMILES string of the molecule is CCc1nc(C(N)=O)c(Nc2ccc(C(=O)NC)c(C)c2)nc1NC1CCC(O)(C(C)C)CC1. The summed E-state index contributed by atoms with van der Waals surface area (Å²) in [5.41, 5.74) is 7.72. The van der Waals surface area contributed by atoms with Crippen LogP contribution in [0.25, 0.3) is 0 Å². The van der Waals surface area contributed by atoms with E-state index >= 15 is 0 Å². The van der Waals surface area contributed by atoms with E-state index in [1.54, 1.807) is 19.2 Å². The van der Waals surface area contributed by atoms with Gasteiger partial charge in [0.15, 0.2) is 11.5 Å². The molecule has 3 rings (SSSR count). The van der Waals surface area contributed by atoms with Gasteiger partial charge in [0.1, 0.15) is 5.82 Å². The van der Waals surface area contributed by atoms with Crippen molar-refractivity contribution in [3.8, 4) is 0 Å². The minimum atomic E-state index is -0.672. The third-order valence-corrected chi connectivity index (χ3v) is 6.76. The summed E-state index contributed by atoms with van der Waals surface area (Å²) in [6, 6.07) is 5.43. The first-order valence-electron chi connectivity index (χ1n) is 11.9. The van der Waals surface area contributed by atoms with Gasteiger partial charge in [0, 0.05) is 24.3 Å². The Hall–Kier alpha value is -3.20. The molecule has 0 spiro atoms. The number of anilines is 3. The standard InChI is InChI=1S/C25H36N6O3/c1-6-19-22(28-16-9-11-25(34,12-10-16)14(2)3)31-23(20(30-19)21(26)32)29-17-7-8-18(15(4)13-17)24(33)27-5/h7-8,13-14,16,34H,6,9-12H2,1-5H3,(H2,26,32)(H,27,33)(H2,28,29,31). The summed E-state index contributed by atoms with van der Waals surface area (Å²) >= 11 is 0. The molecule has 184 valence electrons. The van der Waals surface area contributed by atoms with Crippen LogP contribution in [0.4, 0.5) is 17.3 Å². The van der Waals surface area contributed by atoms with Crippen molar-refractivity contribution in [2.75, 3.05) is 17.7 Å². The van der Waals surface area contributed by atoms with Gasteiger partial charge < -0.3 is 26.8 Å². The fourth-order valence-corrected chi connectivity index (χ4v) is 4.39. The fraction of sp³-hybridized carbons (Fsp3) is 0.520. The van der Waals surface area contributed by atoms with Crippen LogP contribution in [0.3, 0.4) is 0 Å². The Morgan fingerprint density at radius 1 is 1.21 bits per heavy atom. The molecule has 0 saturated heterocycles. The average Bonchev–Trinajstić information content (AvgIpc) is 2.80. The number of aliphatic hydroxyl groups is 1. The highest BCUT2D eigenvalue weighted by atomic mass is 16.3. The molecule has 0 radical (unpaired) electrons. The predicted molar refractivity (Wildman–Crippen MR) is 133 cm³/mol. The maximum Gasteiger partial charge on any atom is 0.271 e. The van der Waals surface area contributed by atoms with Crippen LogP contribution in [0, 0.1) is 12.8 Å². The van der Waals surface area contributed by atoms with Crippen molar-refractivity contribution in [1.29, 1.82) is 0 Å². The molecule has 1 aromatic heterocycles. The highest BCUT2D eigenvalue weighted by Gasteiger charge is 2.36. The molecule has 1 aliphatic carbocycles. The van der Waals surface area contributed by atoms with Gasteiger partial charge in [0.2, 0.25) is 0 Å². The Kier molecular flexibility index (Phi) is 7.76. The van der Waals surface area contributed by atoms with E-state index in [9.17, 15) is 14.7 Å². The van der Waals surface area contributed by atoms with Crippen LogP contribution in [-0.4, -0.2) is 45.6 Å². The Morgan fingerprint density at radius 2 is 1.88 bits per heavy atom. The van der Waals surface area contributed by atoms with Crippen molar-refractivity contribution in [2.45, 2.75) is 71.4 Å². The number of aryl methyl sites for hydroxylation is 2. The summed E-state index contributed by atoms with van der Waals surface area (Å²) in [6.45, 7) is 7.90. The average molecular weight is 469 g/mol. The molecule has 6 N–H and O–H groups in total. The minimum absolute atomic E-state index is 0.0632. The van der Waals surface area contributed by atoms with E-state index in [4.69, 9.17) is 10.7 Å². The number of rotatable bonds is 8. The lowest BCUT2D eigenvalue weighted by molar-refractivity contribution is -0.0390. The van der Waals surface area contributed by atoms with E-state index in [1.165, 1.54) is 0 Å². The molecular formula is C25H36N6O3. The number of nitrogens with two attached hydrogens (primary N) is 1. The summed E-state index contributed by atoms with van der Waals surface area (Å²) in [4.78, 5) is 33.4. The highest BCUT2D eigenvalue weighted by Crippen LogP contribution is 2.35. The monoisotopic (exact) mass is 468 g/mol. The second-order valence-corrected chi connectivity index (χ2v) is 9.34. The maximum absolute atomic E-state index is 12.1. The van der Waals surface area contributed by atoms with Crippen molar-refractivity contribution in [3.05, 3.63) is 40.7 Å². The van der Waals surface area contributed by atoms with Gasteiger partial charge in [-0.3, -0.25) is 9.59 Å². The number of carbonyl (C=O) groups excluding carboxylic acids is 2. The van der Waals surface area contributed by atoms with Crippen LogP contribution >= 0.6 is 0 Å². The molecule has 1 heterocycles. The van der Waals surface area contributed by atoms with Crippen molar-refractivity contribution < 1.29 is 14.7 Å². The molecule has 34 heavy (non-hydrogen) atoms. The lowest BCUT2D eigenvalue weighted by atomic mass is 9.75. The highest BCUT2D eigenvalue weighted by molar-refractivity contribution is 5.97. The summed E-state index contributed by atoms with van der Waals surface area (Å²) in [5, 5.41) is 20.0. The Morgan fingerprint density at radius 3 is 2.41 bits per heavy atom. The quantitative estimate of drug-likeness (QED) is 0.400. The van der Waals surface area contributed by atoms with E-state index in [0.29, 0.717) is 29.2 Å². The number of nitrogens with one attached hydrogen (secondary N) is 3. The largest absolute Gasteiger partial charge is 0.390 e. The zero-order valence-electron chi connectivity index (χ0n) is 20.7. The van der Waals surface area contributed by atoms with Gasteiger partial charge in [-0.05, 0) is 68.7 Å². The first-order valence-corrected chi connectivity index (χ1v) is 11.9. The van der Waals surface area contributed by atoms with Crippen molar-refractivity contribution in [2.24, 2.45) is 11.7 Å². The van der Waals surface area contributed by atoms with Gasteiger partial charge in [-0.15, -0.1) is 0 Å². The van der Waals surface area contributed by atoms with E-state index in [-0.39, 0.29) is 29.4 Å². The lowest BCUT2D eigenvalue weighted by Crippen LogP contribution is -2.42. The van der Waals surface area contributed by atoms with Crippen LogP contribution in [0.2, 0.25) is 0 Å². The molecule has 0 unspecified atom stereocenters. The third-order valence-electron chi connectivity index (χ3n) is 6.76. The maximum atomic E-state index is 12.1. The lowest BCUT2D eigenvalue weighted by Gasteiger charge is -2.39. The molecule has 0 atom stereocenters. The number of hydrogen-bond donors (Lipinski definition) is 5. The van der Waals surface area contributed by atoms with Crippen LogP contribution in [-0.2, 0) is 6.42 Å². The zero-order valence-corrected chi connectivity index (χ0v) is 20.7. The second kappa shape index (κ2) is 10.4. The number of benzene rings is 1. The molecule has 2 aromatic rings. The molecule has 1 aliphatic rings. The third kappa shape index (κ3) is 5.47. The van der Waals surface area contributed by atoms with Gasteiger partial charge >= 0.3 is 0 Å². The van der Waals surface area contributed by atoms with Crippen molar-refractivity contribution in [1.82, 2.24) is 15.3 Å². The first kappa shape index (κ1) is 25.4. The summed E-state index contributed by atoms with van der Waals surface area (Å²) < 4.78 is 0. The second-order valence-electron chi connectivity index (χ2n) is 9.34. The first-order chi connectivity index (χ1) is 16.1. The molecular weight excluding hydrogens is 432 g/mol. The van der Waals surface area contributed by atoms with Crippen molar-refractivity contribution >= 4 is 29.1 Å². The predicted octanol–water partition coefficient (Wildman–Crippen LogP) is 3.29. The molecule has 9 heteroatoms. The molecule has 9 nitrogen and oxygen atoms in total. The molecule has 0 aliphatic heterocycles. The topological polar surface area (TPSA) is 142 Å². The van der Waals surface area contributed by atoms with Gasteiger partial charge in [-0.2, -0.15) is 0 Å². The Balaban J connectivity index is 1.88. The Bertz CT molecular complexity index is 1060. The number of amides is 2. The van der Waals surface area contributed by atoms with Crippen molar-refractivity contribution in [3.63, 3.8) is 0 Å². The Labute approximate surface area is 201 Å². The molecule has 2 amide bonds. The van der Waals surface area contributed by atoms with Gasteiger partial charge in [0.25, 0.3) is 11.8 Å². The van der Waals surface area contributed by atoms with Crippen LogP contribution in [0.15, 0.2) is 18.2 Å². The fourth-order valence-electron chi connectivity index (χ4n) is 4.39. The normalized spacial score (nSPS) is 20.1. The number of primary amides is 1. The minimum Gasteiger partial charge on any atom is -0.390 e. The summed E-state index contributed by atoms with van der Waals surface area (Å²) in [6.07, 6.45) is 3.66. The zero-order chi connectivity index (χ0) is 25.0. The smallest absolute Gasteiger partial charge is 0.271 e. The molecule has 1 aromatic carbocycles. The molecule has 1 fully saturated rings. The van der Waals surface area contributed by atoms with Crippen LogP contribution < -0.4 is 21.7 Å². The van der Waals surface area contributed by atoms with Gasteiger partial charge in [0.05, 0.1) is 11.3 Å². The van der Waals surface area contributed by atoms with Crippen LogP contribution in [0.1, 0.15) is 78.6 Å². The number of nitrogens with zero attached hydrogens (tertiary/aromatic N) is 2. The van der Waals surface area contributed by atoms with E-state index in [1.807, 2.05) is 19.9 Å². The van der Waals surface area contributed by atoms with E-state index < -0.39 is 11.5 Å². The van der Waals surface area contributed by atoms with Gasteiger partial charge in [-0.25, -0.2) is 9.97 Å². The van der Waals surface area contributed by atoms with Gasteiger partial charge in [-0.1, -0.05) is 20.8 Å². The molecule has 1 saturated carbocycles. The van der Waals surface area contributed by atoms with Crippen LogP contribution in [0.5, 0.6) is 0 Å². The number of aromatic nitrogens is 2. The summed E-state index contributed by atoms with van der Waals surface area (Å²) in [5.74, 6) is 0.234. The summed E-state index contributed by atoms with van der Waals surface area (Å²) in [7, 11) is 1.59.